The molecule has 2 N–H and O–H groups in total. The average Bonchev–Trinajstić information content (AvgIpc) is 2.89. The molecule has 0 aliphatic carbocycles. The number of pyridine rings is 1. The lowest BCUT2D eigenvalue weighted by Crippen LogP contribution is -2.15. The minimum atomic E-state index is -0.157. The summed E-state index contributed by atoms with van der Waals surface area (Å²) in [5.41, 5.74) is 8.13. The Morgan fingerprint density at radius 3 is 2.70 bits per heavy atom. The standard InChI is InChI=1S/C15H21ClN4/c1-3-12(4-2)20-8-6-11(19-20)9-15(17)13-5-7-18-10-14(13)16/h5-8,10,12,15H,3-4,9,17H2,1-2H3. The van der Waals surface area contributed by atoms with Crippen LogP contribution in [0.15, 0.2) is 30.7 Å². The normalized spacial score (nSPS) is 12.8. The molecule has 0 aliphatic rings. The zero-order valence-electron chi connectivity index (χ0n) is 12.0. The van der Waals surface area contributed by atoms with Crippen molar-refractivity contribution in [2.24, 2.45) is 5.73 Å². The van der Waals surface area contributed by atoms with E-state index in [1.807, 2.05) is 23.0 Å². The third-order valence-electron chi connectivity index (χ3n) is 3.61. The van der Waals surface area contributed by atoms with E-state index in [0.29, 0.717) is 17.5 Å². The van der Waals surface area contributed by atoms with E-state index < -0.39 is 0 Å². The van der Waals surface area contributed by atoms with Crippen LogP contribution >= 0.6 is 11.6 Å². The Morgan fingerprint density at radius 2 is 2.05 bits per heavy atom. The first-order valence-corrected chi connectivity index (χ1v) is 7.42. The van der Waals surface area contributed by atoms with Crippen molar-refractivity contribution in [1.29, 1.82) is 0 Å². The van der Waals surface area contributed by atoms with Crippen LogP contribution < -0.4 is 5.73 Å². The van der Waals surface area contributed by atoms with Crippen molar-refractivity contribution < 1.29 is 0 Å². The fourth-order valence-corrected chi connectivity index (χ4v) is 2.63. The molecule has 5 heteroatoms. The molecule has 20 heavy (non-hydrogen) atoms. The Morgan fingerprint density at radius 1 is 1.30 bits per heavy atom. The molecule has 2 aromatic rings. The van der Waals surface area contributed by atoms with Gasteiger partial charge in [-0.25, -0.2) is 0 Å². The maximum absolute atomic E-state index is 6.22. The molecule has 1 atom stereocenters. The zero-order chi connectivity index (χ0) is 14.5. The smallest absolute Gasteiger partial charge is 0.0643 e. The van der Waals surface area contributed by atoms with Gasteiger partial charge in [-0.1, -0.05) is 25.4 Å². The van der Waals surface area contributed by atoms with Crippen LogP contribution in [0.1, 0.15) is 50.0 Å². The van der Waals surface area contributed by atoms with E-state index in [2.05, 4.69) is 23.9 Å². The highest BCUT2D eigenvalue weighted by Gasteiger charge is 2.14. The lowest BCUT2D eigenvalue weighted by molar-refractivity contribution is 0.424. The second-order valence-electron chi connectivity index (χ2n) is 4.97. The van der Waals surface area contributed by atoms with Gasteiger partial charge in [-0.3, -0.25) is 9.67 Å². The largest absolute Gasteiger partial charge is 0.324 e. The molecule has 0 aromatic carbocycles. The van der Waals surface area contributed by atoms with Gasteiger partial charge in [0.1, 0.15) is 0 Å². The molecule has 0 spiro atoms. The second kappa shape index (κ2) is 6.86. The van der Waals surface area contributed by atoms with Crippen LogP contribution in [0.25, 0.3) is 0 Å². The summed E-state index contributed by atoms with van der Waals surface area (Å²) in [5, 5.41) is 5.24. The topological polar surface area (TPSA) is 56.7 Å². The molecule has 2 heterocycles. The van der Waals surface area contributed by atoms with Crippen LogP contribution in [0.4, 0.5) is 0 Å². The summed E-state index contributed by atoms with van der Waals surface area (Å²) in [6, 6.07) is 4.21. The first kappa shape index (κ1) is 15.0. The maximum Gasteiger partial charge on any atom is 0.0643 e. The Kier molecular flexibility index (Phi) is 5.15. The van der Waals surface area contributed by atoms with Crippen molar-refractivity contribution in [3.05, 3.63) is 47.0 Å². The quantitative estimate of drug-likeness (QED) is 0.886. The summed E-state index contributed by atoms with van der Waals surface area (Å²) in [7, 11) is 0. The predicted molar refractivity (Wildman–Crippen MR) is 81.7 cm³/mol. The van der Waals surface area contributed by atoms with Gasteiger partial charge in [0.25, 0.3) is 0 Å². The number of aromatic nitrogens is 3. The Hall–Kier alpha value is -1.39. The number of nitrogens with two attached hydrogens (primary N) is 1. The monoisotopic (exact) mass is 292 g/mol. The Bertz CT molecular complexity index is 548. The van der Waals surface area contributed by atoms with E-state index >= 15 is 0 Å². The molecule has 0 amide bonds. The van der Waals surface area contributed by atoms with Crippen molar-refractivity contribution in [2.75, 3.05) is 0 Å². The number of hydrogen-bond donors (Lipinski definition) is 1. The van der Waals surface area contributed by atoms with Crippen LogP contribution in [-0.4, -0.2) is 14.8 Å². The SMILES string of the molecule is CCC(CC)n1ccc(CC(N)c2ccncc2Cl)n1. The van der Waals surface area contributed by atoms with E-state index in [4.69, 9.17) is 17.3 Å². The fourth-order valence-electron chi connectivity index (χ4n) is 2.37. The van der Waals surface area contributed by atoms with Gasteiger partial charge in [-0.05, 0) is 30.5 Å². The van der Waals surface area contributed by atoms with Gasteiger partial charge < -0.3 is 5.73 Å². The molecule has 108 valence electrons. The minimum Gasteiger partial charge on any atom is -0.324 e. The fraction of sp³-hybridized carbons (Fsp3) is 0.467. The summed E-state index contributed by atoms with van der Waals surface area (Å²) in [6.45, 7) is 4.36. The van der Waals surface area contributed by atoms with Crippen molar-refractivity contribution in [3.8, 4) is 0 Å². The molecule has 2 rings (SSSR count). The second-order valence-corrected chi connectivity index (χ2v) is 5.37. The van der Waals surface area contributed by atoms with Gasteiger partial charge in [0.15, 0.2) is 0 Å². The van der Waals surface area contributed by atoms with E-state index in [9.17, 15) is 0 Å². The predicted octanol–water partition coefficient (Wildman–Crippen LogP) is 3.54. The van der Waals surface area contributed by atoms with Crippen LogP contribution in [0.3, 0.4) is 0 Å². The van der Waals surface area contributed by atoms with E-state index in [1.165, 1.54) is 0 Å². The molecular formula is C15H21ClN4. The maximum atomic E-state index is 6.22. The molecule has 0 radical (unpaired) electrons. The van der Waals surface area contributed by atoms with Crippen LogP contribution in [-0.2, 0) is 6.42 Å². The van der Waals surface area contributed by atoms with Crippen molar-refractivity contribution >= 4 is 11.6 Å². The van der Waals surface area contributed by atoms with Crippen molar-refractivity contribution in [1.82, 2.24) is 14.8 Å². The van der Waals surface area contributed by atoms with Gasteiger partial charge in [-0.15, -0.1) is 0 Å². The first-order valence-electron chi connectivity index (χ1n) is 7.04. The van der Waals surface area contributed by atoms with Crippen molar-refractivity contribution in [2.45, 2.75) is 45.2 Å². The summed E-state index contributed by atoms with van der Waals surface area (Å²) in [6.07, 6.45) is 8.22. The molecule has 4 nitrogen and oxygen atoms in total. The summed E-state index contributed by atoms with van der Waals surface area (Å²) < 4.78 is 2.04. The highest BCUT2D eigenvalue weighted by atomic mass is 35.5. The van der Waals surface area contributed by atoms with Gasteiger partial charge >= 0.3 is 0 Å². The molecule has 2 aromatic heterocycles. The van der Waals surface area contributed by atoms with Gasteiger partial charge in [0.05, 0.1) is 16.8 Å². The molecule has 0 fully saturated rings. The lowest BCUT2D eigenvalue weighted by Gasteiger charge is -2.14. The molecule has 0 saturated carbocycles. The third kappa shape index (κ3) is 3.38. The average molecular weight is 293 g/mol. The van der Waals surface area contributed by atoms with E-state index in [1.54, 1.807) is 12.4 Å². The number of rotatable bonds is 6. The number of hydrogen-bond acceptors (Lipinski definition) is 3. The molecular weight excluding hydrogens is 272 g/mol. The molecule has 0 bridgehead atoms. The highest BCUT2D eigenvalue weighted by Crippen LogP contribution is 2.23. The van der Waals surface area contributed by atoms with Gasteiger partial charge in [-0.2, -0.15) is 5.10 Å². The highest BCUT2D eigenvalue weighted by molar-refractivity contribution is 6.31. The summed E-state index contributed by atoms with van der Waals surface area (Å²) in [5.74, 6) is 0. The van der Waals surface area contributed by atoms with Crippen LogP contribution in [0.5, 0.6) is 0 Å². The van der Waals surface area contributed by atoms with E-state index in [0.717, 1.165) is 24.1 Å². The molecule has 0 saturated heterocycles. The Labute approximate surface area is 125 Å². The number of halogens is 1. The Balaban J connectivity index is 2.09. The summed E-state index contributed by atoms with van der Waals surface area (Å²) >= 11 is 6.12. The van der Waals surface area contributed by atoms with E-state index in [-0.39, 0.29) is 6.04 Å². The summed E-state index contributed by atoms with van der Waals surface area (Å²) in [4.78, 5) is 3.98. The van der Waals surface area contributed by atoms with Gasteiger partial charge in [0, 0.05) is 31.1 Å². The third-order valence-corrected chi connectivity index (χ3v) is 3.93. The van der Waals surface area contributed by atoms with Gasteiger partial charge in [0.2, 0.25) is 0 Å². The van der Waals surface area contributed by atoms with Crippen molar-refractivity contribution in [3.63, 3.8) is 0 Å². The molecule has 1 unspecified atom stereocenters. The number of nitrogens with zero attached hydrogens (tertiary/aromatic N) is 3. The van der Waals surface area contributed by atoms with Crippen LogP contribution in [0, 0.1) is 0 Å². The minimum absolute atomic E-state index is 0.157. The molecule has 0 aliphatic heterocycles. The zero-order valence-corrected chi connectivity index (χ0v) is 12.7. The first-order chi connectivity index (χ1) is 9.65. The lowest BCUT2D eigenvalue weighted by atomic mass is 10.0. The van der Waals surface area contributed by atoms with Crippen LogP contribution in [0.2, 0.25) is 5.02 Å².